The van der Waals surface area contributed by atoms with Crippen molar-refractivity contribution in [3.63, 3.8) is 0 Å². The van der Waals surface area contributed by atoms with Gasteiger partial charge in [-0.05, 0) is 42.5 Å². The second kappa shape index (κ2) is 8.92. The maximum Gasteiger partial charge on any atom is 0.344 e. The molecule has 0 radical (unpaired) electrons. The van der Waals surface area contributed by atoms with E-state index in [0.29, 0.717) is 22.6 Å². The molecule has 3 atom stereocenters. The zero-order chi connectivity index (χ0) is 17.5. The highest BCUT2D eigenvalue weighted by Gasteiger charge is 2.28. The number of amides is 1. The van der Waals surface area contributed by atoms with Gasteiger partial charge in [0.1, 0.15) is 5.75 Å². The first-order chi connectivity index (χ1) is 11.5. The SMILES string of the molecule is C[C@H]1[C@@H](C)CCC[C@H]1NC(=O)COC(=O)COc1ccc(Cl)cc1. The van der Waals surface area contributed by atoms with Crippen LogP contribution >= 0.6 is 11.6 Å². The number of hydrogen-bond donors (Lipinski definition) is 1. The van der Waals surface area contributed by atoms with Crippen LogP contribution in [0.25, 0.3) is 0 Å². The third-order valence-corrected chi connectivity index (χ3v) is 4.84. The molecule has 1 N–H and O–H groups in total. The molecule has 0 bridgehead atoms. The molecule has 0 heterocycles. The quantitative estimate of drug-likeness (QED) is 0.797. The first-order valence-electron chi connectivity index (χ1n) is 8.29. The van der Waals surface area contributed by atoms with E-state index in [1.807, 2.05) is 0 Å². The molecule has 1 aliphatic rings. The Labute approximate surface area is 147 Å². The largest absolute Gasteiger partial charge is 0.482 e. The van der Waals surface area contributed by atoms with Gasteiger partial charge in [0.05, 0.1) is 0 Å². The van der Waals surface area contributed by atoms with E-state index >= 15 is 0 Å². The molecule has 1 aliphatic carbocycles. The van der Waals surface area contributed by atoms with E-state index in [0.717, 1.165) is 12.8 Å². The van der Waals surface area contributed by atoms with Crippen LogP contribution in [0, 0.1) is 11.8 Å². The number of carbonyl (C=O) groups excluding carboxylic acids is 2. The number of benzene rings is 1. The van der Waals surface area contributed by atoms with Gasteiger partial charge >= 0.3 is 5.97 Å². The topological polar surface area (TPSA) is 64.6 Å². The molecule has 24 heavy (non-hydrogen) atoms. The lowest BCUT2D eigenvalue weighted by Gasteiger charge is -2.34. The van der Waals surface area contributed by atoms with Gasteiger partial charge in [-0.1, -0.05) is 38.3 Å². The zero-order valence-electron chi connectivity index (χ0n) is 14.1. The van der Waals surface area contributed by atoms with E-state index in [2.05, 4.69) is 19.2 Å². The van der Waals surface area contributed by atoms with E-state index in [9.17, 15) is 9.59 Å². The van der Waals surface area contributed by atoms with E-state index in [-0.39, 0.29) is 25.2 Å². The van der Waals surface area contributed by atoms with Gasteiger partial charge in [-0.3, -0.25) is 4.79 Å². The van der Waals surface area contributed by atoms with E-state index < -0.39 is 5.97 Å². The first kappa shape index (κ1) is 18.6. The van der Waals surface area contributed by atoms with Crippen LogP contribution in [0.4, 0.5) is 0 Å². The average Bonchev–Trinajstić information content (AvgIpc) is 2.56. The molecule has 0 saturated heterocycles. The summed E-state index contributed by atoms with van der Waals surface area (Å²) in [6, 6.07) is 6.82. The number of carbonyl (C=O) groups is 2. The number of ether oxygens (including phenoxy) is 2. The van der Waals surface area contributed by atoms with Gasteiger partial charge in [0.2, 0.25) is 0 Å². The molecule has 1 aromatic carbocycles. The third-order valence-electron chi connectivity index (χ3n) is 4.59. The van der Waals surface area contributed by atoms with Crippen LogP contribution in [-0.2, 0) is 14.3 Å². The highest BCUT2D eigenvalue weighted by Crippen LogP contribution is 2.29. The predicted molar refractivity (Wildman–Crippen MR) is 92.0 cm³/mol. The molecule has 1 saturated carbocycles. The minimum absolute atomic E-state index is 0.158. The smallest absolute Gasteiger partial charge is 0.344 e. The normalized spacial score (nSPS) is 23.4. The Balaban J connectivity index is 1.67. The van der Waals surface area contributed by atoms with Gasteiger partial charge in [-0.2, -0.15) is 0 Å². The van der Waals surface area contributed by atoms with Gasteiger partial charge in [0, 0.05) is 11.1 Å². The van der Waals surface area contributed by atoms with Gasteiger partial charge in [0.15, 0.2) is 13.2 Å². The van der Waals surface area contributed by atoms with Crippen LogP contribution in [0.2, 0.25) is 5.02 Å². The summed E-state index contributed by atoms with van der Waals surface area (Å²) in [6.07, 6.45) is 3.29. The van der Waals surface area contributed by atoms with Crippen molar-refractivity contribution in [3.05, 3.63) is 29.3 Å². The fourth-order valence-corrected chi connectivity index (χ4v) is 3.02. The van der Waals surface area contributed by atoms with Crippen molar-refractivity contribution in [1.82, 2.24) is 5.32 Å². The molecule has 0 unspecified atom stereocenters. The molecule has 1 fully saturated rings. The van der Waals surface area contributed by atoms with Crippen molar-refractivity contribution >= 4 is 23.5 Å². The predicted octanol–water partition coefficient (Wildman–Crippen LogP) is 3.20. The summed E-state index contributed by atoms with van der Waals surface area (Å²) in [7, 11) is 0. The van der Waals surface area contributed by atoms with Crippen molar-refractivity contribution < 1.29 is 19.1 Å². The minimum Gasteiger partial charge on any atom is -0.482 e. The lowest BCUT2D eigenvalue weighted by Crippen LogP contribution is -2.45. The monoisotopic (exact) mass is 353 g/mol. The van der Waals surface area contributed by atoms with Gasteiger partial charge in [0.25, 0.3) is 5.91 Å². The summed E-state index contributed by atoms with van der Waals surface area (Å²) >= 11 is 5.77. The van der Waals surface area contributed by atoms with Gasteiger partial charge in [-0.25, -0.2) is 4.79 Å². The molecule has 5 nitrogen and oxygen atoms in total. The third kappa shape index (κ3) is 5.71. The van der Waals surface area contributed by atoms with Gasteiger partial charge in [-0.15, -0.1) is 0 Å². The second-order valence-corrected chi connectivity index (χ2v) is 6.78. The number of halogens is 1. The first-order valence-corrected chi connectivity index (χ1v) is 8.67. The summed E-state index contributed by atoms with van der Waals surface area (Å²) in [6.45, 7) is 3.84. The average molecular weight is 354 g/mol. The molecule has 1 aromatic rings. The van der Waals surface area contributed by atoms with E-state index in [1.54, 1.807) is 24.3 Å². The van der Waals surface area contributed by atoms with E-state index in [1.165, 1.54) is 6.42 Å². The summed E-state index contributed by atoms with van der Waals surface area (Å²) in [4.78, 5) is 23.6. The summed E-state index contributed by atoms with van der Waals surface area (Å²) in [5, 5.41) is 3.55. The van der Waals surface area contributed by atoms with Crippen LogP contribution in [0.15, 0.2) is 24.3 Å². The van der Waals surface area contributed by atoms with Gasteiger partial charge < -0.3 is 14.8 Å². The molecule has 0 aromatic heterocycles. The van der Waals surface area contributed by atoms with Crippen molar-refractivity contribution in [3.8, 4) is 5.75 Å². The number of nitrogens with one attached hydrogen (secondary N) is 1. The van der Waals surface area contributed by atoms with Crippen LogP contribution in [0.5, 0.6) is 5.75 Å². The molecule has 0 aliphatic heterocycles. The highest BCUT2D eigenvalue weighted by molar-refractivity contribution is 6.30. The number of rotatable bonds is 6. The molecular weight excluding hydrogens is 330 g/mol. The van der Waals surface area contributed by atoms with Crippen LogP contribution in [-0.4, -0.2) is 31.1 Å². The lowest BCUT2D eigenvalue weighted by molar-refractivity contribution is -0.150. The van der Waals surface area contributed by atoms with Crippen LogP contribution in [0.1, 0.15) is 33.1 Å². The second-order valence-electron chi connectivity index (χ2n) is 6.34. The maximum absolute atomic E-state index is 11.9. The maximum atomic E-state index is 11.9. The van der Waals surface area contributed by atoms with E-state index in [4.69, 9.17) is 21.1 Å². The Morgan fingerprint density at radius 3 is 2.58 bits per heavy atom. The zero-order valence-corrected chi connectivity index (χ0v) is 14.8. The Morgan fingerprint density at radius 1 is 1.17 bits per heavy atom. The van der Waals surface area contributed by atoms with Crippen LogP contribution < -0.4 is 10.1 Å². The summed E-state index contributed by atoms with van der Waals surface area (Å²) in [5.74, 6) is 0.711. The molecule has 1 amide bonds. The molecule has 132 valence electrons. The lowest BCUT2D eigenvalue weighted by atomic mass is 9.78. The Hall–Kier alpha value is -1.75. The Bertz CT molecular complexity index is 561. The Morgan fingerprint density at radius 2 is 1.88 bits per heavy atom. The van der Waals surface area contributed by atoms with Crippen molar-refractivity contribution in [1.29, 1.82) is 0 Å². The molecule has 0 spiro atoms. The summed E-state index contributed by atoms with van der Waals surface area (Å²) in [5.41, 5.74) is 0. The fourth-order valence-electron chi connectivity index (χ4n) is 2.89. The van der Waals surface area contributed by atoms with Crippen LogP contribution in [0.3, 0.4) is 0 Å². The van der Waals surface area contributed by atoms with Crippen molar-refractivity contribution in [2.24, 2.45) is 11.8 Å². The number of esters is 1. The van der Waals surface area contributed by atoms with Crippen molar-refractivity contribution in [2.75, 3.05) is 13.2 Å². The van der Waals surface area contributed by atoms with Crippen molar-refractivity contribution in [2.45, 2.75) is 39.2 Å². The summed E-state index contributed by atoms with van der Waals surface area (Å²) < 4.78 is 10.2. The highest BCUT2D eigenvalue weighted by atomic mass is 35.5. The molecule has 6 heteroatoms. The molecule has 2 rings (SSSR count). The number of hydrogen-bond acceptors (Lipinski definition) is 4. The fraction of sp³-hybridized carbons (Fsp3) is 0.556. The molecular formula is C18H24ClNO4. The Kier molecular flexibility index (Phi) is 6.91. The minimum atomic E-state index is -0.579. The standard InChI is InChI=1S/C18H24ClNO4/c1-12-4-3-5-16(13(12)2)20-17(21)10-24-18(22)11-23-15-8-6-14(19)7-9-15/h6-9,12-13,16H,3-5,10-11H2,1-2H3,(H,20,21)/t12-,13-,16+/m0/s1.